The predicted octanol–water partition coefficient (Wildman–Crippen LogP) is 2.70. The van der Waals surface area contributed by atoms with E-state index in [9.17, 15) is 0 Å². The van der Waals surface area contributed by atoms with Gasteiger partial charge in [-0.25, -0.2) is 0 Å². The molecule has 2 heteroatoms. The lowest BCUT2D eigenvalue weighted by Crippen LogP contribution is -2.41. The summed E-state index contributed by atoms with van der Waals surface area (Å²) in [4.78, 5) is 0. The molecule has 2 nitrogen and oxygen atoms in total. The van der Waals surface area contributed by atoms with Crippen molar-refractivity contribution in [3.8, 4) is 0 Å². The summed E-state index contributed by atoms with van der Waals surface area (Å²) in [6.07, 6.45) is 6.79. The van der Waals surface area contributed by atoms with Gasteiger partial charge in [0.05, 0.1) is 12.7 Å². The lowest BCUT2D eigenvalue weighted by Gasteiger charge is -2.34. The number of rotatable bonds is 0. The minimum Gasteiger partial charge on any atom is -0.368 e. The van der Waals surface area contributed by atoms with Crippen LogP contribution in [0.15, 0.2) is 23.8 Å². The van der Waals surface area contributed by atoms with Crippen LogP contribution in [-0.2, 0) is 9.47 Å². The molecule has 0 aromatic rings. The third kappa shape index (κ3) is 2.69. The molecular weight excluding hydrogens is 176 g/mol. The van der Waals surface area contributed by atoms with Gasteiger partial charge in [0.25, 0.3) is 0 Å². The third-order valence-electron chi connectivity index (χ3n) is 2.21. The number of fused-ring (bicyclic) bond motifs is 1. The largest absolute Gasteiger partial charge is 0.368 e. The van der Waals surface area contributed by atoms with Crippen molar-refractivity contribution in [1.29, 1.82) is 0 Å². The second-order valence-electron chi connectivity index (χ2n) is 3.48. The molecule has 2 rings (SSSR count). The van der Waals surface area contributed by atoms with Crippen LogP contribution in [0.2, 0.25) is 0 Å². The Morgan fingerprint density at radius 3 is 2.71 bits per heavy atom. The van der Waals surface area contributed by atoms with Gasteiger partial charge < -0.3 is 9.47 Å². The maximum absolute atomic E-state index is 5.68. The van der Waals surface area contributed by atoms with Crippen molar-refractivity contribution < 1.29 is 9.47 Å². The molecule has 1 heterocycles. The fraction of sp³-hybridized carbons (Fsp3) is 0.667. The number of ether oxygens (including phenoxy) is 2. The monoisotopic (exact) mass is 196 g/mol. The van der Waals surface area contributed by atoms with Crippen LogP contribution in [-0.4, -0.2) is 24.9 Å². The van der Waals surface area contributed by atoms with Gasteiger partial charge in [0.15, 0.2) is 0 Å². The van der Waals surface area contributed by atoms with E-state index in [0.29, 0.717) is 6.61 Å². The van der Waals surface area contributed by atoms with E-state index in [4.69, 9.17) is 9.47 Å². The molecule has 0 bridgehead atoms. The van der Waals surface area contributed by atoms with Crippen LogP contribution in [0.4, 0.5) is 0 Å². The third-order valence-corrected chi connectivity index (χ3v) is 2.21. The smallest absolute Gasteiger partial charge is 0.106 e. The standard InChI is InChI=1S/C10H14O2.C2H6/c1-7-3-4-9-10(5-7)11-6-8(2)12-9;1-2/h3-5,8-10H,6H2,1-2H3;1-2H3. The zero-order valence-corrected chi connectivity index (χ0v) is 9.49. The maximum atomic E-state index is 5.68. The van der Waals surface area contributed by atoms with E-state index < -0.39 is 0 Å². The summed E-state index contributed by atoms with van der Waals surface area (Å²) in [5, 5.41) is 0. The Labute approximate surface area is 86.6 Å². The molecule has 3 unspecified atom stereocenters. The quantitative estimate of drug-likeness (QED) is 0.593. The van der Waals surface area contributed by atoms with Gasteiger partial charge in [-0.3, -0.25) is 0 Å². The van der Waals surface area contributed by atoms with Gasteiger partial charge in [0.2, 0.25) is 0 Å². The molecular formula is C12H20O2. The molecule has 1 saturated heterocycles. The van der Waals surface area contributed by atoms with E-state index >= 15 is 0 Å². The van der Waals surface area contributed by atoms with Crippen LogP contribution in [0.25, 0.3) is 0 Å². The van der Waals surface area contributed by atoms with Crippen molar-refractivity contribution in [2.75, 3.05) is 6.61 Å². The van der Waals surface area contributed by atoms with E-state index in [-0.39, 0.29) is 18.3 Å². The fourth-order valence-corrected chi connectivity index (χ4v) is 1.59. The first-order valence-corrected chi connectivity index (χ1v) is 5.39. The molecule has 0 radical (unpaired) electrons. The van der Waals surface area contributed by atoms with Crippen LogP contribution in [0.5, 0.6) is 0 Å². The van der Waals surface area contributed by atoms with Crippen molar-refractivity contribution in [3.05, 3.63) is 23.8 Å². The van der Waals surface area contributed by atoms with Crippen LogP contribution in [0, 0.1) is 0 Å². The first-order chi connectivity index (χ1) is 6.75. The van der Waals surface area contributed by atoms with Gasteiger partial charge in [-0.05, 0) is 13.8 Å². The molecule has 1 fully saturated rings. The average Bonchev–Trinajstić information content (AvgIpc) is 2.21. The van der Waals surface area contributed by atoms with Gasteiger partial charge >= 0.3 is 0 Å². The van der Waals surface area contributed by atoms with Gasteiger partial charge in [0.1, 0.15) is 12.2 Å². The molecule has 1 aliphatic carbocycles. The summed E-state index contributed by atoms with van der Waals surface area (Å²) in [5.41, 5.74) is 1.26. The topological polar surface area (TPSA) is 18.5 Å². The molecule has 3 atom stereocenters. The highest BCUT2D eigenvalue weighted by Crippen LogP contribution is 2.22. The molecule has 0 aromatic heterocycles. The van der Waals surface area contributed by atoms with Gasteiger partial charge in [-0.1, -0.05) is 37.6 Å². The second-order valence-corrected chi connectivity index (χ2v) is 3.48. The number of hydrogen-bond acceptors (Lipinski definition) is 2. The highest BCUT2D eigenvalue weighted by atomic mass is 16.6. The summed E-state index contributed by atoms with van der Waals surface area (Å²) in [7, 11) is 0. The van der Waals surface area contributed by atoms with Crippen molar-refractivity contribution in [2.24, 2.45) is 0 Å². The van der Waals surface area contributed by atoms with E-state index in [1.54, 1.807) is 0 Å². The zero-order valence-electron chi connectivity index (χ0n) is 9.49. The number of allylic oxidation sites excluding steroid dienone is 2. The molecule has 2 aliphatic rings. The SMILES string of the molecule is CC.CC1=CC2OCC(C)OC2C=C1. The summed E-state index contributed by atoms with van der Waals surface area (Å²) in [6, 6.07) is 0. The fourth-order valence-electron chi connectivity index (χ4n) is 1.59. The lowest BCUT2D eigenvalue weighted by atomic mass is 10.0. The van der Waals surface area contributed by atoms with Crippen LogP contribution in [0.3, 0.4) is 0 Å². The summed E-state index contributed by atoms with van der Waals surface area (Å²) >= 11 is 0. The maximum Gasteiger partial charge on any atom is 0.106 e. The number of hydrogen-bond donors (Lipinski definition) is 0. The van der Waals surface area contributed by atoms with Crippen molar-refractivity contribution in [3.63, 3.8) is 0 Å². The molecule has 14 heavy (non-hydrogen) atoms. The van der Waals surface area contributed by atoms with Crippen molar-refractivity contribution >= 4 is 0 Å². The Balaban J connectivity index is 0.000000461. The van der Waals surface area contributed by atoms with Crippen LogP contribution >= 0.6 is 0 Å². The Morgan fingerprint density at radius 2 is 2.00 bits per heavy atom. The normalized spacial score (nSPS) is 35.1. The van der Waals surface area contributed by atoms with Crippen molar-refractivity contribution in [1.82, 2.24) is 0 Å². The molecule has 0 saturated carbocycles. The highest BCUT2D eigenvalue weighted by Gasteiger charge is 2.28. The predicted molar refractivity (Wildman–Crippen MR) is 58.3 cm³/mol. The first kappa shape index (κ1) is 11.5. The molecule has 0 N–H and O–H groups in total. The van der Waals surface area contributed by atoms with Crippen LogP contribution < -0.4 is 0 Å². The van der Waals surface area contributed by atoms with Crippen molar-refractivity contribution in [2.45, 2.75) is 46.0 Å². The molecule has 1 aliphatic heterocycles. The average molecular weight is 196 g/mol. The summed E-state index contributed by atoms with van der Waals surface area (Å²) in [6.45, 7) is 8.82. The van der Waals surface area contributed by atoms with E-state index in [2.05, 4.69) is 25.2 Å². The van der Waals surface area contributed by atoms with E-state index in [1.165, 1.54) is 5.57 Å². The molecule has 0 amide bonds. The van der Waals surface area contributed by atoms with Crippen LogP contribution in [0.1, 0.15) is 27.7 Å². The zero-order chi connectivity index (χ0) is 10.6. The first-order valence-electron chi connectivity index (χ1n) is 5.39. The Bertz CT molecular complexity index is 230. The Morgan fingerprint density at radius 1 is 1.29 bits per heavy atom. The van der Waals surface area contributed by atoms with E-state index in [1.807, 2.05) is 20.8 Å². The molecule has 0 aromatic carbocycles. The molecule has 0 spiro atoms. The van der Waals surface area contributed by atoms with E-state index in [0.717, 1.165) is 0 Å². The van der Waals surface area contributed by atoms with Gasteiger partial charge in [0, 0.05) is 0 Å². The lowest BCUT2D eigenvalue weighted by molar-refractivity contribution is -0.141. The minimum absolute atomic E-state index is 0.137. The Kier molecular flexibility index (Phi) is 4.36. The highest BCUT2D eigenvalue weighted by molar-refractivity contribution is 5.26. The molecule has 80 valence electrons. The minimum atomic E-state index is 0.137. The van der Waals surface area contributed by atoms with Gasteiger partial charge in [-0.2, -0.15) is 0 Å². The van der Waals surface area contributed by atoms with Gasteiger partial charge in [-0.15, -0.1) is 0 Å². The second kappa shape index (κ2) is 5.32. The summed E-state index contributed by atoms with van der Waals surface area (Å²) < 4.78 is 11.3. The summed E-state index contributed by atoms with van der Waals surface area (Å²) in [5.74, 6) is 0. The Hall–Kier alpha value is -0.600.